The Hall–Kier alpha value is -2.05. The molecule has 170 valence electrons. The first-order valence-electron chi connectivity index (χ1n) is 10.7. The lowest BCUT2D eigenvalue weighted by Gasteiger charge is -2.21. The number of halogens is 2. The van der Waals surface area contributed by atoms with Crippen LogP contribution in [0.4, 0.5) is 5.82 Å². The molecule has 1 N–H and O–H groups in total. The molecule has 0 radical (unpaired) electrons. The van der Waals surface area contributed by atoms with Crippen molar-refractivity contribution in [3.8, 4) is 5.69 Å². The molecule has 2 aromatic rings. The van der Waals surface area contributed by atoms with Crippen molar-refractivity contribution in [3.63, 3.8) is 0 Å². The maximum Gasteiger partial charge on any atom is 0.245 e. The highest BCUT2D eigenvalue weighted by Gasteiger charge is 2.23. The van der Waals surface area contributed by atoms with E-state index >= 15 is 0 Å². The van der Waals surface area contributed by atoms with Crippen molar-refractivity contribution in [1.82, 2.24) is 14.7 Å². The number of nitrogens with one attached hydrogen (secondary N) is 1. The third kappa shape index (κ3) is 6.97. The summed E-state index contributed by atoms with van der Waals surface area (Å²) in [4.78, 5) is 26.9. The molecule has 0 spiro atoms. The Kier molecular flexibility index (Phi) is 8.95. The highest BCUT2D eigenvalue weighted by atomic mass is 35.5. The van der Waals surface area contributed by atoms with Crippen molar-refractivity contribution in [2.24, 2.45) is 0 Å². The summed E-state index contributed by atoms with van der Waals surface area (Å²) in [5.74, 6) is 0.262. The van der Waals surface area contributed by atoms with Crippen LogP contribution in [-0.2, 0) is 15.0 Å². The van der Waals surface area contributed by atoms with Crippen LogP contribution in [0.3, 0.4) is 0 Å². The third-order valence-corrected chi connectivity index (χ3v) is 5.56. The van der Waals surface area contributed by atoms with Crippen molar-refractivity contribution >= 4 is 40.8 Å². The molecule has 0 aliphatic rings. The quantitative estimate of drug-likeness (QED) is 0.504. The lowest BCUT2D eigenvalue weighted by atomic mass is 9.92. The molecule has 2 amide bonds. The Labute approximate surface area is 194 Å². The van der Waals surface area contributed by atoms with E-state index in [2.05, 4.69) is 31.2 Å². The van der Waals surface area contributed by atoms with Crippen LogP contribution in [0.1, 0.15) is 66.0 Å². The molecule has 1 aromatic heterocycles. The summed E-state index contributed by atoms with van der Waals surface area (Å²) in [7, 11) is 0. The van der Waals surface area contributed by atoms with Crippen LogP contribution < -0.4 is 5.32 Å². The Morgan fingerprint density at radius 2 is 1.81 bits per heavy atom. The Bertz CT molecular complexity index is 919. The van der Waals surface area contributed by atoms with Crippen LogP contribution >= 0.6 is 23.2 Å². The van der Waals surface area contributed by atoms with Crippen molar-refractivity contribution in [2.75, 3.05) is 18.4 Å². The number of anilines is 1. The van der Waals surface area contributed by atoms with Crippen LogP contribution in [0, 0.1) is 0 Å². The van der Waals surface area contributed by atoms with Crippen molar-refractivity contribution in [2.45, 2.75) is 65.7 Å². The molecule has 0 saturated carbocycles. The van der Waals surface area contributed by atoms with Crippen molar-refractivity contribution in [3.05, 3.63) is 40.0 Å². The normalized spacial score (nSPS) is 11.5. The summed E-state index contributed by atoms with van der Waals surface area (Å²) in [6.45, 7) is 10.7. The van der Waals surface area contributed by atoms with E-state index in [0.717, 1.165) is 25.0 Å². The molecule has 0 atom stereocenters. The maximum atomic E-state index is 12.8. The number of hydrogen-bond donors (Lipinski definition) is 1. The van der Waals surface area contributed by atoms with E-state index in [4.69, 9.17) is 23.2 Å². The monoisotopic (exact) mass is 466 g/mol. The van der Waals surface area contributed by atoms with Gasteiger partial charge in [0, 0.05) is 24.4 Å². The van der Waals surface area contributed by atoms with Gasteiger partial charge in [-0.15, -0.1) is 0 Å². The second kappa shape index (κ2) is 11.0. The van der Waals surface area contributed by atoms with Crippen molar-refractivity contribution in [1.29, 1.82) is 0 Å². The number of carbonyl (C=O) groups excluding carboxylic acids is 2. The fourth-order valence-corrected chi connectivity index (χ4v) is 3.35. The fraction of sp³-hybridized carbons (Fsp3) is 0.522. The average molecular weight is 467 g/mol. The van der Waals surface area contributed by atoms with Gasteiger partial charge >= 0.3 is 0 Å². The zero-order chi connectivity index (χ0) is 23.2. The minimum absolute atomic E-state index is 0.00669. The highest BCUT2D eigenvalue weighted by Crippen LogP contribution is 2.29. The van der Waals surface area contributed by atoms with Crippen LogP contribution in [0.5, 0.6) is 0 Å². The summed E-state index contributed by atoms with van der Waals surface area (Å²) < 4.78 is 1.64. The number of carbonyl (C=O) groups is 2. The molecule has 2 rings (SSSR count). The van der Waals surface area contributed by atoms with E-state index in [9.17, 15) is 9.59 Å². The zero-order valence-corrected chi connectivity index (χ0v) is 20.5. The number of hydrogen-bond acceptors (Lipinski definition) is 3. The van der Waals surface area contributed by atoms with Gasteiger partial charge in [0.15, 0.2) is 0 Å². The molecular weight excluding hydrogens is 435 g/mol. The first-order valence-corrected chi connectivity index (χ1v) is 11.5. The first-order chi connectivity index (χ1) is 14.6. The van der Waals surface area contributed by atoms with E-state index in [0.29, 0.717) is 34.5 Å². The largest absolute Gasteiger partial charge is 0.333 e. The molecule has 0 saturated heterocycles. The number of unbranched alkanes of at least 4 members (excludes halogenated alkanes) is 1. The van der Waals surface area contributed by atoms with Crippen LogP contribution in [0.25, 0.3) is 5.69 Å². The average Bonchev–Trinajstić information content (AvgIpc) is 3.12. The molecule has 0 fully saturated rings. The van der Waals surface area contributed by atoms with E-state index in [1.54, 1.807) is 27.8 Å². The van der Waals surface area contributed by atoms with Crippen LogP contribution in [-0.4, -0.2) is 39.6 Å². The van der Waals surface area contributed by atoms with Crippen molar-refractivity contribution < 1.29 is 9.59 Å². The Morgan fingerprint density at radius 1 is 1.10 bits per heavy atom. The minimum atomic E-state index is -0.264. The SMILES string of the molecule is CCCCC(=O)N(CCC)CC(=O)Nc1cc(C(C)(C)C)nn1-c1ccc(Cl)c(Cl)c1. The molecule has 6 nitrogen and oxygen atoms in total. The van der Waals surface area contributed by atoms with Gasteiger partial charge in [-0.1, -0.05) is 64.2 Å². The molecule has 31 heavy (non-hydrogen) atoms. The summed E-state index contributed by atoms with van der Waals surface area (Å²) >= 11 is 12.2. The summed E-state index contributed by atoms with van der Waals surface area (Å²) in [5, 5.41) is 8.46. The van der Waals surface area contributed by atoms with Crippen LogP contribution in [0.15, 0.2) is 24.3 Å². The smallest absolute Gasteiger partial charge is 0.245 e. The second-order valence-corrected chi connectivity index (χ2v) is 9.46. The lowest BCUT2D eigenvalue weighted by Crippen LogP contribution is -2.38. The van der Waals surface area contributed by atoms with E-state index < -0.39 is 0 Å². The van der Waals surface area contributed by atoms with Gasteiger partial charge in [-0.2, -0.15) is 5.10 Å². The van der Waals surface area contributed by atoms with Gasteiger partial charge in [0.25, 0.3) is 0 Å². The summed E-state index contributed by atoms with van der Waals surface area (Å²) in [6, 6.07) is 7.04. The molecule has 1 aromatic carbocycles. The molecular formula is C23H32Cl2N4O2. The zero-order valence-electron chi connectivity index (χ0n) is 19.0. The van der Waals surface area contributed by atoms with Gasteiger partial charge < -0.3 is 10.2 Å². The van der Waals surface area contributed by atoms with Gasteiger partial charge in [0.05, 0.1) is 28.0 Å². The predicted molar refractivity (Wildman–Crippen MR) is 127 cm³/mol. The van der Waals surface area contributed by atoms with Crippen LogP contribution in [0.2, 0.25) is 10.0 Å². The molecule has 0 aliphatic heterocycles. The Morgan fingerprint density at radius 3 is 2.39 bits per heavy atom. The first kappa shape index (κ1) is 25.2. The molecule has 8 heteroatoms. The number of rotatable bonds is 9. The number of benzene rings is 1. The maximum absolute atomic E-state index is 12.8. The van der Waals surface area contributed by atoms with E-state index in [-0.39, 0.29) is 23.8 Å². The van der Waals surface area contributed by atoms with Gasteiger partial charge in [0.1, 0.15) is 5.82 Å². The van der Waals surface area contributed by atoms with Gasteiger partial charge in [-0.25, -0.2) is 4.68 Å². The Balaban J connectivity index is 2.29. The number of amides is 2. The predicted octanol–water partition coefficient (Wildman–Crippen LogP) is 5.84. The van der Waals surface area contributed by atoms with Gasteiger partial charge in [0.2, 0.25) is 11.8 Å². The molecule has 0 unspecified atom stereocenters. The lowest BCUT2D eigenvalue weighted by molar-refractivity contribution is -0.134. The number of nitrogens with zero attached hydrogens (tertiary/aromatic N) is 3. The van der Waals surface area contributed by atoms with Gasteiger partial charge in [-0.05, 0) is 31.0 Å². The van der Waals surface area contributed by atoms with Gasteiger partial charge in [-0.3, -0.25) is 9.59 Å². The molecule has 0 aliphatic carbocycles. The minimum Gasteiger partial charge on any atom is -0.333 e. The van der Waals surface area contributed by atoms with E-state index in [1.807, 2.05) is 19.9 Å². The molecule has 0 bridgehead atoms. The fourth-order valence-electron chi connectivity index (χ4n) is 3.05. The molecule has 1 heterocycles. The topological polar surface area (TPSA) is 67.2 Å². The third-order valence-electron chi connectivity index (χ3n) is 4.82. The second-order valence-electron chi connectivity index (χ2n) is 8.64. The summed E-state index contributed by atoms with van der Waals surface area (Å²) in [5.41, 5.74) is 1.29. The number of aromatic nitrogens is 2. The highest BCUT2D eigenvalue weighted by molar-refractivity contribution is 6.42. The standard InChI is InChI=1S/C23H32Cl2N4O2/c1-6-8-9-22(31)28(12-7-2)15-21(30)26-20-14-19(23(3,4)5)27-29(20)16-10-11-17(24)18(25)13-16/h10-11,13-14H,6-9,12,15H2,1-5H3,(H,26,30). The summed E-state index contributed by atoms with van der Waals surface area (Å²) in [6.07, 6.45) is 3.01. The van der Waals surface area contributed by atoms with E-state index in [1.165, 1.54) is 0 Å².